The SMILES string of the molecule is CC(Nc1nc(Cl)nc(-n2cncn2)n1)c1ccsc1. The molecule has 0 radical (unpaired) electrons. The van der Waals surface area contributed by atoms with E-state index < -0.39 is 0 Å². The minimum atomic E-state index is 0.0725. The van der Waals surface area contributed by atoms with Crippen molar-refractivity contribution in [3.8, 4) is 5.95 Å². The molecule has 0 saturated heterocycles. The number of rotatable bonds is 4. The lowest BCUT2D eigenvalue weighted by atomic mass is 10.2. The Bertz CT molecular complexity index is 683. The van der Waals surface area contributed by atoms with Gasteiger partial charge in [-0.05, 0) is 40.9 Å². The van der Waals surface area contributed by atoms with Crippen LogP contribution in [0.15, 0.2) is 29.5 Å². The van der Waals surface area contributed by atoms with Gasteiger partial charge in [-0.2, -0.15) is 36.1 Å². The summed E-state index contributed by atoms with van der Waals surface area (Å²) in [4.78, 5) is 16.2. The molecule has 0 aliphatic rings. The van der Waals surface area contributed by atoms with Crippen LogP contribution in [0.2, 0.25) is 5.28 Å². The van der Waals surface area contributed by atoms with Gasteiger partial charge < -0.3 is 5.32 Å². The second kappa shape index (κ2) is 5.51. The van der Waals surface area contributed by atoms with E-state index in [1.54, 1.807) is 11.3 Å². The average Bonchev–Trinajstić information content (AvgIpc) is 3.12. The molecular weight excluding hydrogens is 298 g/mol. The van der Waals surface area contributed by atoms with Crippen molar-refractivity contribution in [3.63, 3.8) is 0 Å². The molecule has 9 heteroatoms. The molecule has 1 atom stereocenters. The highest BCUT2D eigenvalue weighted by Crippen LogP contribution is 2.20. The molecule has 0 fully saturated rings. The number of anilines is 1. The minimum absolute atomic E-state index is 0.0725. The summed E-state index contributed by atoms with van der Waals surface area (Å²) < 4.78 is 1.42. The molecule has 7 nitrogen and oxygen atoms in total. The molecule has 0 aromatic carbocycles. The van der Waals surface area contributed by atoms with Crippen LogP contribution in [-0.2, 0) is 0 Å². The van der Waals surface area contributed by atoms with Gasteiger partial charge in [-0.15, -0.1) is 0 Å². The zero-order valence-electron chi connectivity index (χ0n) is 10.4. The molecule has 3 aromatic rings. The van der Waals surface area contributed by atoms with Crippen molar-refractivity contribution < 1.29 is 0 Å². The van der Waals surface area contributed by atoms with Gasteiger partial charge in [0.15, 0.2) is 0 Å². The Hall–Kier alpha value is -2.06. The van der Waals surface area contributed by atoms with Crippen LogP contribution < -0.4 is 5.32 Å². The van der Waals surface area contributed by atoms with Crippen LogP contribution in [-0.4, -0.2) is 29.7 Å². The molecule has 1 unspecified atom stereocenters. The quantitative estimate of drug-likeness (QED) is 0.796. The number of halogens is 1. The summed E-state index contributed by atoms with van der Waals surface area (Å²) in [5.41, 5.74) is 1.16. The third-order valence-electron chi connectivity index (χ3n) is 2.61. The number of nitrogens with one attached hydrogen (secondary N) is 1. The maximum atomic E-state index is 5.91. The topological polar surface area (TPSA) is 81.4 Å². The van der Waals surface area contributed by atoms with E-state index >= 15 is 0 Å². The highest BCUT2D eigenvalue weighted by Gasteiger charge is 2.11. The third-order valence-corrected chi connectivity index (χ3v) is 3.48. The lowest BCUT2D eigenvalue weighted by molar-refractivity contribution is 0.782. The summed E-state index contributed by atoms with van der Waals surface area (Å²) in [6, 6.07) is 2.12. The largest absolute Gasteiger partial charge is 0.347 e. The summed E-state index contributed by atoms with van der Waals surface area (Å²) >= 11 is 7.55. The summed E-state index contributed by atoms with van der Waals surface area (Å²) in [6.45, 7) is 2.02. The average molecular weight is 308 g/mol. The summed E-state index contributed by atoms with van der Waals surface area (Å²) in [5, 5.41) is 11.3. The zero-order chi connectivity index (χ0) is 13.9. The van der Waals surface area contributed by atoms with Gasteiger partial charge in [0.2, 0.25) is 11.2 Å². The minimum Gasteiger partial charge on any atom is -0.347 e. The zero-order valence-corrected chi connectivity index (χ0v) is 12.0. The standard InChI is InChI=1S/C11H10ClN7S/c1-7(8-2-3-20-4-8)15-10-16-9(12)17-11(18-10)19-6-13-5-14-19/h2-7H,1H3,(H,15,16,17,18). The van der Waals surface area contributed by atoms with Crippen LogP contribution in [0.3, 0.4) is 0 Å². The molecule has 0 amide bonds. The maximum Gasteiger partial charge on any atom is 0.258 e. The molecule has 0 aliphatic heterocycles. The lowest BCUT2D eigenvalue weighted by Gasteiger charge is -2.12. The number of hydrogen-bond donors (Lipinski definition) is 1. The van der Waals surface area contributed by atoms with E-state index in [4.69, 9.17) is 11.6 Å². The Labute approximate surface area is 123 Å². The normalized spacial score (nSPS) is 12.3. The van der Waals surface area contributed by atoms with Crippen molar-refractivity contribution in [1.82, 2.24) is 29.7 Å². The summed E-state index contributed by atoms with van der Waals surface area (Å²) in [7, 11) is 0. The molecule has 0 aliphatic carbocycles. The fourth-order valence-corrected chi connectivity index (χ4v) is 2.53. The molecule has 0 spiro atoms. The summed E-state index contributed by atoms with van der Waals surface area (Å²) in [6.07, 6.45) is 2.90. The van der Waals surface area contributed by atoms with Crippen molar-refractivity contribution in [1.29, 1.82) is 0 Å². The number of hydrogen-bond acceptors (Lipinski definition) is 7. The second-order valence-corrected chi connectivity index (χ2v) is 5.11. The monoisotopic (exact) mass is 307 g/mol. The number of nitrogens with zero attached hydrogens (tertiary/aromatic N) is 6. The van der Waals surface area contributed by atoms with E-state index in [-0.39, 0.29) is 11.3 Å². The van der Waals surface area contributed by atoms with Crippen LogP contribution >= 0.6 is 22.9 Å². The van der Waals surface area contributed by atoms with Crippen LogP contribution in [0.4, 0.5) is 5.95 Å². The first kappa shape index (κ1) is 12.9. The van der Waals surface area contributed by atoms with E-state index in [9.17, 15) is 0 Å². The Morgan fingerprint density at radius 1 is 1.35 bits per heavy atom. The Kier molecular flexibility index (Phi) is 3.57. The van der Waals surface area contributed by atoms with Gasteiger partial charge in [-0.1, -0.05) is 0 Å². The van der Waals surface area contributed by atoms with Gasteiger partial charge in [-0.3, -0.25) is 0 Å². The second-order valence-electron chi connectivity index (χ2n) is 3.99. The van der Waals surface area contributed by atoms with Crippen LogP contribution in [0.5, 0.6) is 0 Å². The van der Waals surface area contributed by atoms with E-state index in [2.05, 4.69) is 35.7 Å². The predicted octanol–water partition coefficient (Wildman–Crippen LogP) is 2.34. The van der Waals surface area contributed by atoms with Gasteiger partial charge in [0.05, 0.1) is 6.04 Å². The molecule has 102 valence electrons. The van der Waals surface area contributed by atoms with Gasteiger partial charge in [0, 0.05) is 0 Å². The number of aromatic nitrogens is 6. The van der Waals surface area contributed by atoms with Gasteiger partial charge in [0.1, 0.15) is 12.7 Å². The molecule has 3 aromatic heterocycles. The Morgan fingerprint density at radius 2 is 2.25 bits per heavy atom. The number of thiophene rings is 1. The van der Waals surface area contributed by atoms with Gasteiger partial charge in [-0.25, -0.2) is 4.98 Å². The molecule has 1 N–H and O–H groups in total. The van der Waals surface area contributed by atoms with Crippen molar-refractivity contribution in [2.75, 3.05) is 5.32 Å². The van der Waals surface area contributed by atoms with E-state index in [0.29, 0.717) is 11.9 Å². The molecule has 0 saturated carbocycles. The first-order valence-electron chi connectivity index (χ1n) is 5.77. The maximum absolute atomic E-state index is 5.91. The molecular formula is C11H10ClN7S. The first-order valence-corrected chi connectivity index (χ1v) is 7.09. The van der Waals surface area contributed by atoms with Gasteiger partial charge in [0.25, 0.3) is 5.95 Å². The van der Waals surface area contributed by atoms with E-state index in [1.807, 2.05) is 18.4 Å². The highest BCUT2D eigenvalue weighted by molar-refractivity contribution is 7.07. The van der Waals surface area contributed by atoms with Crippen LogP contribution in [0.1, 0.15) is 18.5 Å². The van der Waals surface area contributed by atoms with Crippen molar-refractivity contribution in [2.45, 2.75) is 13.0 Å². The van der Waals surface area contributed by atoms with Crippen LogP contribution in [0.25, 0.3) is 5.95 Å². The lowest BCUT2D eigenvalue weighted by Crippen LogP contribution is -2.12. The first-order chi connectivity index (χ1) is 9.72. The Balaban J connectivity index is 1.87. The smallest absolute Gasteiger partial charge is 0.258 e. The van der Waals surface area contributed by atoms with Crippen molar-refractivity contribution in [3.05, 3.63) is 40.3 Å². The highest BCUT2D eigenvalue weighted by atomic mass is 35.5. The Morgan fingerprint density at radius 3 is 2.95 bits per heavy atom. The van der Waals surface area contributed by atoms with Gasteiger partial charge >= 0.3 is 0 Å². The molecule has 0 bridgehead atoms. The summed E-state index contributed by atoms with van der Waals surface area (Å²) in [5.74, 6) is 0.719. The molecule has 3 heterocycles. The van der Waals surface area contributed by atoms with Crippen molar-refractivity contribution in [2.24, 2.45) is 0 Å². The fourth-order valence-electron chi connectivity index (χ4n) is 1.62. The van der Waals surface area contributed by atoms with E-state index in [0.717, 1.165) is 5.56 Å². The predicted molar refractivity (Wildman–Crippen MR) is 76.1 cm³/mol. The third kappa shape index (κ3) is 2.75. The van der Waals surface area contributed by atoms with E-state index in [1.165, 1.54) is 17.3 Å². The van der Waals surface area contributed by atoms with Crippen LogP contribution in [0, 0.1) is 0 Å². The fraction of sp³-hybridized carbons (Fsp3) is 0.182. The molecule has 20 heavy (non-hydrogen) atoms. The van der Waals surface area contributed by atoms with Crippen molar-refractivity contribution >= 4 is 28.9 Å². The molecule has 3 rings (SSSR count).